The zero-order valence-corrected chi connectivity index (χ0v) is 11.6. The second-order valence-corrected chi connectivity index (χ2v) is 4.84. The van der Waals surface area contributed by atoms with Gasteiger partial charge in [-0.15, -0.1) is 0 Å². The van der Waals surface area contributed by atoms with Gasteiger partial charge in [0.25, 0.3) is 0 Å². The van der Waals surface area contributed by atoms with E-state index in [0.717, 1.165) is 43.1 Å². The first-order chi connectivity index (χ1) is 9.11. The highest BCUT2D eigenvalue weighted by Crippen LogP contribution is 2.22. The van der Waals surface area contributed by atoms with Crippen molar-refractivity contribution in [3.8, 4) is 0 Å². The molecular weight excluding hydrogens is 242 g/mol. The fourth-order valence-electron chi connectivity index (χ4n) is 2.25. The number of hydrogen-bond donors (Lipinski definition) is 1. The Morgan fingerprint density at radius 3 is 2.58 bits per heavy atom. The average Bonchev–Trinajstić information content (AvgIpc) is 2.42. The predicted molar refractivity (Wildman–Crippen MR) is 76.3 cm³/mol. The number of amides is 1. The van der Waals surface area contributed by atoms with Crippen molar-refractivity contribution in [2.75, 3.05) is 50.5 Å². The smallest absolute Gasteiger partial charge is 0.248 e. The van der Waals surface area contributed by atoms with Gasteiger partial charge in [0.05, 0.1) is 0 Å². The second kappa shape index (κ2) is 5.93. The van der Waals surface area contributed by atoms with E-state index in [2.05, 4.69) is 11.0 Å². The van der Waals surface area contributed by atoms with Crippen molar-refractivity contribution in [1.29, 1.82) is 0 Å². The summed E-state index contributed by atoms with van der Waals surface area (Å²) in [7, 11) is 1.54. The minimum absolute atomic E-state index is 0.0607. The van der Waals surface area contributed by atoms with Crippen LogP contribution >= 0.6 is 0 Å². The lowest BCUT2D eigenvalue weighted by atomic mass is 10.1. The molecule has 104 valence electrons. The summed E-state index contributed by atoms with van der Waals surface area (Å²) in [6.45, 7) is 5.29. The van der Waals surface area contributed by atoms with Crippen molar-refractivity contribution in [2.24, 2.45) is 0 Å². The zero-order chi connectivity index (χ0) is 13.8. The number of methoxy groups -OCH3 is 1. The van der Waals surface area contributed by atoms with Gasteiger partial charge in [-0.1, -0.05) is 6.07 Å². The van der Waals surface area contributed by atoms with Crippen molar-refractivity contribution in [1.82, 2.24) is 4.90 Å². The highest BCUT2D eigenvalue weighted by molar-refractivity contribution is 5.77. The van der Waals surface area contributed by atoms with E-state index in [9.17, 15) is 4.79 Å². The maximum absolute atomic E-state index is 11.7. The molecular formula is C14H21N3O2. The van der Waals surface area contributed by atoms with Crippen LogP contribution in [0.1, 0.15) is 5.56 Å². The van der Waals surface area contributed by atoms with Gasteiger partial charge in [-0.2, -0.15) is 0 Å². The van der Waals surface area contributed by atoms with Gasteiger partial charge >= 0.3 is 0 Å². The molecule has 0 aromatic heterocycles. The molecule has 0 atom stereocenters. The Balaban J connectivity index is 1.96. The summed E-state index contributed by atoms with van der Waals surface area (Å²) in [5.74, 6) is 0.0607. The average molecular weight is 263 g/mol. The van der Waals surface area contributed by atoms with Crippen LogP contribution in [0.2, 0.25) is 0 Å². The Kier molecular flexibility index (Phi) is 4.27. The van der Waals surface area contributed by atoms with Crippen LogP contribution in [0.15, 0.2) is 18.2 Å². The summed E-state index contributed by atoms with van der Waals surface area (Å²) in [5.41, 5.74) is 8.97. The number of carbonyl (C=O) groups excluding carboxylic acids is 1. The Morgan fingerprint density at radius 2 is 2.00 bits per heavy atom. The van der Waals surface area contributed by atoms with E-state index >= 15 is 0 Å². The van der Waals surface area contributed by atoms with Gasteiger partial charge < -0.3 is 20.3 Å². The van der Waals surface area contributed by atoms with Crippen LogP contribution in [-0.2, 0) is 9.53 Å². The van der Waals surface area contributed by atoms with Crippen molar-refractivity contribution in [3.05, 3.63) is 23.8 Å². The van der Waals surface area contributed by atoms with E-state index in [1.807, 2.05) is 24.0 Å². The molecule has 0 radical (unpaired) electrons. The molecule has 0 spiro atoms. The Bertz CT molecular complexity index is 454. The lowest BCUT2D eigenvalue weighted by Crippen LogP contribution is -2.49. The Hall–Kier alpha value is -1.75. The van der Waals surface area contributed by atoms with E-state index in [1.54, 1.807) is 7.11 Å². The molecule has 19 heavy (non-hydrogen) atoms. The molecule has 1 saturated heterocycles. The van der Waals surface area contributed by atoms with Gasteiger partial charge in [0.2, 0.25) is 5.91 Å². The van der Waals surface area contributed by atoms with Crippen molar-refractivity contribution >= 4 is 17.3 Å². The lowest BCUT2D eigenvalue weighted by Gasteiger charge is -2.36. The van der Waals surface area contributed by atoms with Crippen LogP contribution in [0, 0.1) is 6.92 Å². The molecule has 1 heterocycles. The molecule has 5 heteroatoms. The predicted octanol–water partition coefficient (Wildman–Crippen LogP) is 0.872. The van der Waals surface area contributed by atoms with Crippen molar-refractivity contribution in [3.63, 3.8) is 0 Å². The van der Waals surface area contributed by atoms with Gasteiger partial charge in [0.1, 0.15) is 6.61 Å². The SMILES string of the molecule is COCC(=O)N1CCN(c2ccc(C)c(N)c2)CC1. The third-order valence-corrected chi connectivity index (χ3v) is 3.53. The molecule has 0 aliphatic carbocycles. The highest BCUT2D eigenvalue weighted by Gasteiger charge is 2.21. The molecule has 1 aromatic rings. The summed E-state index contributed by atoms with van der Waals surface area (Å²) in [6, 6.07) is 6.12. The largest absolute Gasteiger partial charge is 0.398 e. The van der Waals surface area contributed by atoms with Crippen LogP contribution < -0.4 is 10.6 Å². The summed E-state index contributed by atoms with van der Waals surface area (Å²) in [5, 5.41) is 0. The molecule has 0 unspecified atom stereocenters. The first-order valence-corrected chi connectivity index (χ1v) is 6.49. The number of piperazine rings is 1. The number of ether oxygens (including phenoxy) is 1. The number of benzene rings is 1. The van der Waals surface area contributed by atoms with Gasteiger partial charge in [0, 0.05) is 44.7 Å². The topological polar surface area (TPSA) is 58.8 Å². The van der Waals surface area contributed by atoms with Crippen LogP contribution in [0.25, 0.3) is 0 Å². The van der Waals surface area contributed by atoms with Crippen molar-refractivity contribution in [2.45, 2.75) is 6.92 Å². The van der Waals surface area contributed by atoms with Crippen LogP contribution in [0.3, 0.4) is 0 Å². The molecule has 1 amide bonds. The maximum Gasteiger partial charge on any atom is 0.248 e. The highest BCUT2D eigenvalue weighted by atomic mass is 16.5. The third-order valence-electron chi connectivity index (χ3n) is 3.53. The Morgan fingerprint density at radius 1 is 1.32 bits per heavy atom. The number of rotatable bonds is 3. The standard InChI is InChI=1S/C14H21N3O2/c1-11-3-4-12(9-13(11)15)16-5-7-17(8-6-16)14(18)10-19-2/h3-4,9H,5-8,10,15H2,1-2H3. The van der Waals surface area contributed by atoms with E-state index in [-0.39, 0.29) is 12.5 Å². The number of carbonyl (C=O) groups is 1. The summed E-state index contributed by atoms with van der Waals surface area (Å²) >= 11 is 0. The fourth-order valence-corrected chi connectivity index (χ4v) is 2.25. The lowest BCUT2D eigenvalue weighted by molar-refractivity contribution is -0.135. The number of aryl methyl sites for hydroxylation is 1. The fraction of sp³-hybridized carbons (Fsp3) is 0.500. The summed E-state index contributed by atoms with van der Waals surface area (Å²) in [6.07, 6.45) is 0. The number of nitrogens with two attached hydrogens (primary N) is 1. The summed E-state index contributed by atoms with van der Waals surface area (Å²) < 4.78 is 4.88. The third kappa shape index (κ3) is 3.17. The van der Waals surface area contributed by atoms with Gasteiger partial charge in [-0.25, -0.2) is 0 Å². The molecule has 1 aromatic carbocycles. The van der Waals surface area contributed by atoms with Gasteiger partial charge in [0.15, 0.2) is 0 Å². The minimum Gasteiger partial charge on any atom is -0.398 e. The monoisotopic (exact) mass is 263 g/mol. The minimum atomic E-state index is 0.0607. The normalized spacial score (nSPS) is 15.7. The molecule has 0 saturated carbocycles. The van der Waals surface area contributed by atoms with Gasteiger partial charge in [-0.3, -0.25) is 4.79 Å². The van der Waals surface area contributed by atoms with Crippen LogP contribution in [0.5, 0.6) is 0 Å². The number of hydrogen-bond acceptors (Lipinski definition) is 4. The molecule has 1 aliphatic heterocycles. The zero-order valence-electron chi connectivity index (χ0n) is 11.6. The van der Waals surface area contributed by atoms with Crippen molar-refractivity contribution < 1.29 is 9.53 Å². The van der Waals surface area contributed by atoms with E-state index in [4.69, 9.17) is 10.5 Å². The van der Waals surface area contributed by atoms with Crippen LogP contribution in [0.4, 0.5) is 11.4 Å². The number of nitrogens with zero attached hydrogens (tertiary/aromatic N) is 2. The van der Waals surface area contributed by atoms with E-state index < -0.39 is 0 Å². The maximum atomic E-state index is 11.7. The summed E-state index contributed by atoms with van der Waals surface area (Å²) in [4.78, 5) is 15.8. The molecule has 0 bridgehead atoms. The quantitative estimate of drug-likeness (QED) is 0.822. The molecule has 5 nitrogen and oxygen atoms in total. The van der Waals surface area contributed by atoms with E-state index in [1.165, 1.54) is 0 Å². The molecule has 1 aliphatic rings. The first-order valence-electron chi connectivity index (χ1n) is 6.49. The molecule has 2 rings (SSSR count). The molecule has 2 N–H and O–H groups in total. The van der Waals surface area contributed by atoms with Gasteiger partial charge in [-0.05, 0) is 24.6 Å². The number of nitrogen functional groups attached to an aromatic ring is 1. The molecule has 1 fully saturated rings. The Labute approximate surface area is 113 Å². The first kappa shape index (κ1) is 13.7. The van der Waals surface area contributed by atoms with E-state index in [0.29, 0.717) is 0 Å². The van der Waals surface area contributed by atoms with Crippen LogP contribution in [-0.4, -0.2) is 50.7 Å². The second-order valence-electron chi connectivity index (χ2n) is 4.84. The number of anilines is 2.